The quantitative estimate of drug-likeness (QED) is 0.0329. The Morgan fingerprint density at radius 3 is 1.12 bits per heavy atom. The Balaban J connectivity index is 3.80. The van der Waals surface area contributed by atoms with Crippen LogP contribution in [0.1, 0.15) is 245 Å². The van der Waals surface area contributed by atoms with Gasteiger partial charge in [-0.3, -0.25) is 9.35 Å². The van der Waals surface area contributed by atoms with Crippen molar-refractivity contribution in [1.29, 1.82) is 0 Å². The molecule has 1 amide bonds. The number of allylic oxidation sites excluding steroid dienone is 1. The van der Waals surface area contributed by atoms with Crippen LogP contribution in [-0.4, -0.2) is 41.9 Å². The minimum Gasteiger partial charge on any atom is -0.387 e. The van der Waals surface area contributed by atoms with Crippen LogP contribution in [0.4, 0.5) is 0 Å². The molecule has 2 atom stereocenters. The van der Waals surface area contributed by atoms with E-state index in [-0.39, 0.29) is 5.91 Å². The molecule has 0 aromatic heterocycles. The van der Waals surface area contributed by atoms with E-state index >= 15 is 0 Å². The summed E-state index contributed by atoms with van der Waals surface area (Å²) >= 11 is 0. The Hall–Kier alpha value is -0.920. The SMILES string of the molecule is CCCCCCCCCCCCCCC/C=C/C(O)C(CS(=O)(=O)O)NC(=O)CCCCCCCCCCCCCCCCCCCCCCC. The van der Waals surface area contributed by atoms with Crippen molar-refractivity contribution in [3.63, 3.8) is 0 Å². The van der Waals surface area contributed by atoms with Gasteiger partial charge in [-0.25, -0.2) is 0 Å². The molecule has 0 spiro atoms. The predicted octanol–water partition coefficient (Wildman–Crippen LogP) is 13.4. The molecular weight excluding hydrogens is 655 g/mol. The van der Waals surface area contributed by atoms with Crippen molar-refractivity contribution in [2.45, 2.75) is 257 Å². The number of hydrogen-bond acceptors (Lipinski definition) is 4. The molecule has 0 fully saturated rings. The van der Waals surface area contributed by atoms with E-state index in [1.54, 1.807) is 6.08 Å². The van der Waals surface area contributed by atoms with E-state index in [9.17, 15) is 22.9 Å². The first kappa shape index (κ1) is 50.1. The monoisotopic (exact) mass is 742 g/mol. The van der Waals surface area contributed by atoms with Crippen LogP contribution in [0.3, 0.4) is 0 Å². The number of carbonyl (C=O) groups is 1. The first-order chi connectivity index (χ1) is 24.8. The Labute approximate surface area is 318 Å². The lowest BCUT2D eigenvalue weighted by molar-refractivity contribution is -0.122. The number of amides is 1. The van der Waals surface area contributed by atoms with E-state index in [2.05, 4.69) is 19.2 Å². The smallest absolute Gasteiger partial charge is 0.267 e. The second-order valence-electron chi connectivity index (χ2n) is 15.7. The Morgan fingerprint density at radius 1 is 0.510 bits per heavy atom. The van der Waals surface area contributed by atoms with Crippen molar-refractivity contribution in [1.82, 2.24) is 5.32 Å². The number of carbonyl (C=O) groups excluding carboxylic acids is 1. The van der Waals surface area contributed by atoms with Crippen molar-refractivity contribution in [3.8, 4) is 0 Å². The summed E-state index contributed by atoms with van der Waals surface area (Å²) in [6.45, 7) is 4.54. The van der Waals surface area contributed by atoms with E-state index in [0.717, 1.165) is 38.5 Å². The molecule has 0 aliphatic rings. The number of hydrogen-bond donors (Lipinski definition) is 3. The number of unbranched alkanes of at least 4 members (excludes halogenated alkanes) is 33. The molecule has 0 radical (unpaired) electrons. The van der Waals surface area contributed by atoms with Gasteiger partial charge in [-0.05, 0) is 19.3 Å². The summed E-state index contributed by atoms with van der Waals surface area (Å²) in [6, 6.07) is -1.05. The van der Waals surface area contributed by atoms with E-state index in [1.807, 2.05) is 6.08 Å². The third-order valence-electron chi connectivity index (χ3n) is 10.5. The summed E-state index contributed by atoms with van der Waals surface area (Å²) in [4.78, 5) is 12.5. The average Bonchev–Trinajstić information content (AvgIpc) is 3.09. The lowest BCUT2D eigenvalue weighted by Crippen LogP contribution is -2.46. The van der Waals surface area contributed by atoms with Crippen LogP contribution in [0.2, 0.25) is 0 Å². The third-order valence-corrected chi connectivity index (χ3v) is 11.2. The lowest BCUT2D eigenvalue weighted by atomic mass is 10.0. The maximum absolute atomic E-state index is 12.5. The average molecular weight is 742 g/mol. The molecule has 0 aliphatic heterocycles. The molecule has 6 nitrogen and oxygen atoms in total. The molecular formula is C44H87NO5S. The van der Waals surface area contributed by atoms with E-state index < -0.39 is 28.0 Å². The zero-order chi connectivity index (χ0) is 37.5. The van der Waals surface area contributed by atoms with Gasteiger partial charge in [0.15, 0.2) is 0 Å². The van der Waals surface area contributed by atoms with Gasteiger partial charge in [0.1, 0.15) is 0 Å². The number of nitrogens with one attached hydrogen (secondary N) is 1. The molecule has 51 heavy (non-hydrogen) atoms. The largest absolute Gasteiger partial charge is 0.387 e. The lowest BCUT2D eigenvalue weighted by Gasteiger charge is -2.21. The summed E-state index contributed by atoms with van der Waals surface area (Å²) in [5.41, 5.74) is 0. The molecule has 304 valence electrons. The fourth-order valence-electron chi connectivity index (χ4n) is 7.10. The molecule has 0 aromatic carbocycles. The zero-order valence-electron chi connectivity index (χ0n) is 34.0. The predicted molar refractivity (Wildman–Crippen MR) is 221 cm³/mol. The first-order valence-electron chi connectivity index (χ1n) is 22.4. The zero-order valence-corrected chi connectivity index (χ0v) is 34.8. The van der Waals surface area contributed by atoms with Crippen LogP contribution in [0.5, 0.6) is 0 Å². The Bertz CT molecular complexity index is 862. The number of aliphatic hydroxyl groups excluding tert-OH is 1. The number of rotatable bonds is 41. The molecule has 0 bridgehead atoms. The van der Waals surface area contributed by atoms with Crippen molar-refractivity contribution in [2.75, 3.05) is 5.75 Å². The van der Waals surface area contributed by atoms with Gasteiger partial charge in [-0.15, -0.1) is 0 Å². The Kier molecular flexibility index (Phi) is 38.1. The van der Waals surface area contributed by atoms with Crippen LogP contribution in [0, 0.1) is 0 Å². The summed E-state index contributed by atoms with van der Waals surface area (Å²) in [6.07, 6.45) is 47.8. The molecule has 0 aliphatic carbocycles. The van der Waals surface area contributed by atoms with Crippen LogP contribution >= 0.6 is 0 Å². The normalized spacial score (nSPS) is 13.3. The van der Waals surface area contributed by atoms with Gasteiger partial charge in [-0.2, -0.15) is 8.42 Å². The van der Waals surface area contributed by atoms with E-state index in [0.29, 0.717) is 6.42 Å². The molecule has 0 saturated heterocycles. The highest BCUT2D eigenvalue weighted by atomic mass is 32.2. The highest BCUT2D eigenvalue weighted by Crippen LogP contribution is 2.16. The van der Waals surface area contributed by atoms with Crippen molar-refractivity contribution >= 4 is 16.0 Å². The standard InChI is InChI=1S/C44H87NO5S/c1-3-5-7-9-11-13-15-17-19-20-21-22-23-24-26-28-30-32-34-36-38-40-44(47)45-42(41-51(48,49)50)43(46)39-37-35-33-31-29-27-25-18-16-14-12-10-8-6-4-2/h37,39,42-43,46H,3-36,38,40-41H2,1-2H3,(H,45,47)(H,48,49,50)/b39-37+. The molecule has 7 heteroatoms. The fraction of sp³-hybridized carbons (Fsp3) is 0.932. The minimum atomic E-state index is -4.34. The number of aliphatic hydroxyl groups is 1. The summed E-state index contributed by atoms with van der Waals surface area (Å²) in [5.74, 6) is -0.965. The van der Waals surface area contributed by atoms with Gasteiger partial charge in [-0.1, -0.05) is 231 Å². The second kappa shape index (κ2) is 38.8. The topological polar surface area (TPSA) is 104 Å². The van der Waals surface area contributed by atoms with Gasteiger partial charge in [0, 0.05) is 6.42 Å². The second-order valence-corrected chi connectivity index (χ2v) is 17.2. The van der Waals surface area contributed by atoms with Gasteiger partial charge < -0.3 is 10.4 Å². The highest BCUT2D eigenvalue weighted by Gasteiger charge is 2.24. The van der Waals surface area contributed by atoms with E-state index in [1.165, 1.54) is 186 Å². The molecule has 0 heterocycles. The molecule has 3 N–H and O–H groups in total. The molecule has 0 aromatic rings. The van der Waals surface area contributed by atoms with Crippen LogP contribution in [-0.2, 0) is 14.9 Å². The summed E-state index contributed by atoms with van der Waals surface area (Å²) < 4.78 is 32.5. The molecule has 0 rings (SSSR count). The highest BCUT2D eigenvalue weighted by molar-refractivity contribution is 7.85. The molecule has 2 unspecified atom stereocenters. The van der Waals surface area contributed by atoms with Crippen LogP contribution < -0.4 is 5.32 Å². The fourth-order valence-corrected chi connectivity index (χ4v) is 7.83. The van der Waals surface area contributed by atoms with Crippen molar-refractivity contribution < 1.29 is 22.9 Å². The third kappa shape index (κ3) is 40.1. The summed E-state index contributed by atoms with van der Waals surface area (Å²) in [5, 5.41) is 13.3. The first-order valence-corrected chi connectivity index (χ1v) is 24.0. The Morgan fingerprint density at radius 2 is 0.804 bits per heavy atom. The van der Waals surface area contributed by atoms with Gasteiger partial charge in [0.05, 0.1) is 17.9 Å². The van der Waals surface area contributed by atoms with Gasteiger partial charge >= 0.3 is 0 Å². The van der Waals surface area contributed by atoms with Crippen LogP contribution in [0.25, 0.3) is 0 Å². The van der Waals surface area contributed by atoms with Gasteiger partial charge in [0.25, 0.3) is 10.1 Å². The maximum atomic E-state index is 12.5. The van der Waals surface area contributed by atoms with E-state index in [4.69, 9.17) is 0 Å². The maximum Gasteiger partial charge on any atom is 0.267 e. The van der Waals surface area contributed by atoms with Gasteiger partial charge in [0.2, 0.25) is 5.91 Å². The minimum absolute atomic E-state index is 0.273. The molecule has 0 saturated carbocycles. The van der Waals surface area contributed by atoms with Crippen LogP contribution in [0.15, 0.2) is 12.2 Å². The van der Waals surface area contributed by atoms with Crippen molar-refractivity contribution in [3.05, 3.63) is 12.2 Å². The van der Waals surface area contributed by atoms with Crippen molar-refractivity contribution in [2.24, 2.45) is 0 Å². The summed E-state index contributed by atoms with van der Waals surface area (Å²) in [7, 11) is -4.34.